The fraction of sp³-hybridized carbons (Fsp3) is 0.636. The van der Waals surface area contributed by atoms with Crippen LogP contribution in [0.4, 0.5) is 4.79 Å². The molecule has 2 N–H and O–H groups in total. The summed E-state index contributed by atoms with van der Waals surface area (Å²) < 4.78 is 24.3. The molecule has 45 heavy (non-hydrogen) atoms. The van der Waals surface area contributed by atoms with Crippen LogP contribution in [0.1, 0.15) is 71.3 Å². The summed E-state index contributed by atoms with van der Waals surface area (Å²) in [4.78, 5) is 45.6. The van der Waals surface area contributed by atoms with Gasteiger partial charge in [-0.2, -0.15) is 0 Å². The van der Waals surface area contributed by atoms with Crippen molar-refractivity contribution in [1.29, 1.82) is 0 Å². The molecular formula is C33H44BrN3O8. The maximum absolute atomic E-state index is 14.0. The van der Waals surface area contributed by atoms with Crippen molar-refractivity contribution in [3.05, 3.63) is 23.8 Å². The SMILES string of the molecule is COc1cccc2c(OCCCBr)c3c(nc12)O[C@@H]1C[C@@H](C(=O)O)N(C1)C(=O)[C@H](C(C)(C)C)NC(=O)O[C@@H]1C[C@H]1CCCCC3. The van der Waals surface area contributed by atoms with Crippen LogP contribution < -0.4 is 19.5 Å². The topological polar surface area (TPSA) is 137 Å². The van der Waals surface area contributed by atoms with Gasteiger partial charge in [-0.05, 0) is 55.6 Å². The van der Waals surface area contributed by atoms with Gasteiger partial charge in [0, 0.05) is 17.1 Å². The number of aliphatic carboxylic acids is 1. The number of amides is 2. The second-order valence-corrected chi connectivity index (χ2v) is 14.1. The van der Waals surface area contributed by atoms with Gasteiger partial charge in [0.05, 0.1) is 25.8 Å². The molecule has 11 nitrogen and oxygen atoms in total. The number of carboxylic acids is 1. The number of alkyl carbamates (subject to hydrolysis) is 1. The molecule has 1 aliphatic carbocycles. The lowest BCUT2D eigenvalue weighted by Crippen LogP contribution is -2.57. The number of nitrogens with one attached hydrogen (secondary N) is 1. The van der Waals surface area contributed by atoms with Crippen molar-refractivity contribution in [2.75, 3.05) is 25.6 Å². The first-order chi connectivity index (χ1) is 21.5. The van der Waals surface area contributed by atoms with Crippen LogP contribution in [0.5, 0.6) is 17.4 Å². The molecular weight excluding hydrogens is 646 g/mol. The Morgan fingerprint density at radius 3 is 2.69 bits per heavy atom. The maximum Gasteiger partial charge on any atom is 0.408 e. The van der Waals surface area contributed by atoms with Gasteiger partial charge < -0.3 is 34.3 Å². The molecule has 2 amide bonds. The monoisotopic (exact) mass is 689 g/mol. The number of carbonyl (C=O) groups is 3. The van der Waals surface area contributed by atoms with Gasteiger partial charge in [-0.25, -0.2) is 14.6 Å². The molecule has 2 bridgehead atoms. The normalized spacial score (nSPS) is 26.0. The summed E-state index contributed by atoms with van der Waals surface area (Å²) in [6.07, 6.45) is 4.61. The molecule has 0 radical (unpaired) electrons. The van der Waals surface area contributed by atoms with E-state index in [4.69, 9.17) is 23.9 Å². The quantitative estimate of drug-likeness (QED) is 0.298. The second-order valence-electron chi connectivity index (χ2n) is 13.3. The van der Waals surface area contributed by atoms with Crippen LogP contribution in [0.3, 0.4) is 0 Å². The molecule has 0 unspecified atom stereocenters. The number of fused-ring (bicyclic) bond motifs is 5. The van der Waals surface area contributed by atoms with Crippen molar-refractivity contribution in [2.45, 2.75) is 96.4 Å². The molecule has 2 fully saturated rings. The van der Waals surface area contributed by atoms with E-state index in [0.29, 0.717) is 41.8 Å². The van der Waals surface area contributed by atoms with Gasteiger partial charge in [0.15, 0.2) is 0 Å². The average Bonchev–Trinajstić information content (AvgIpc) is 3.57. The van der Waals surface area contributed by atoms with Gasteiger partial charge in [-0.1, -0.05) is 55.6 Å². The number of hydrogen-bond acceptors (Lipinski definition) is 8. The lowest BCUT2D eigenvalue weighted by Gasteiger charge is -2.34. The fourth-order valence-corrected chi connectivity index (χ4v) is 6.53. The van der Waals surface area contributed by atoms with Crippen LogP contribution in [0.25, 0.3) is 10.9 Å². The van der Waals surface area contributed by atoms with Gasteiger partial charge in [-0.3, -0.25) is 4.79 Å². The van der Waals surface area contributed by atoms with Crippen LogP contribution in [0.15, 0.2) is 18.2 Å². The number of benzene rings is 1. The van der Waals surface area contributed by atoms with Gasteiger partial charge in [-0.15, -0.1) is 0 Å². The zero-order valence-corrected chi connectivity index (χ0v) is 28.1. The zero-order chi connectivity index (χ0) is 32.3. The van der Waals surface area contributed by atoms with E-state index in [-0.39, 0.29) is 19.1 Å². The number of nitrogens with zero attached hydrogens (tertiary/aromatic N) is 2. The van der Waals surface area contributed by atoms with Gasteiger partial charge in [0.1, 0.15) is 41.3 Å². The molecule has 1 aromatic heterocycles. The van der Waals surface area contributed by atoms with Gasteiger partial charge in [0.25, 0.3) is 0 Å². The third-order valence-corrected chi connectivity index (χ3v) is 9.40. The molecule has 1 aromatic carbocycles. The summed E-state index contributed by atoms with van der Waals surface area (Å²) in [5, 5.41) is 14.5. The number of para-hydroxylation sites is 1. The molecule has 2 aromatic rings. The van der Waals surface area contributed by atoms with E-state index in [2.05, 4.69) is 21.2 Å². The highest BCUT2D eigenvalue weighted by Gasteiger charge is 2.47. The van der Waals surface area contributed by atoms with Crippen molar-refractivity contribution >= 4 is 44.8 Å². The Bertz CT molecular complexity index is 1410. The van der Waals surface area contributed by atoms with Gasteiger partial charge >= 0.3 is 12.1 Å². The predicted molar refractivity (Wildman–Crippen MR) is 171 cm³/mol. The lowest BCUT2D eigenvalue weighted by molar-refractivity contribution is -0.150. The first kappa shape index (κ1) is 33.1. The zero-order valence-electron chi connectivity index (χ0n) is 26.5. The standard InChI is InChI=1S/C33H44BrN3O8/c1-33(2,3)28-30(38)37-18-20(17-23(37)31(39)40)44-29-22(11-7-5-6-10-19-16-25(19)45-32(41)36-28)27(43-15-9-14-34)21-12-8-13-24(42-4)26(21)35-29/h8,12-13,19-20,23,25,28H,5-7,9-11,14-18H2,1-4H3,(H,36,41)(H,39,40)/t19-,20-,23+,25-,28-/m1/s1. The summed E-state index contributed by atoms with van der Waals surface area (Å²) in [5.74, 6) is 0.297. The van der Waals surface area contributed by atoms with Crippen LogP contribution in [0, 0.1) is 11.3 Å². The van der Waals surface area contributed by atoms with Crippen molar-refractivity contribution in [3.8, 4) is 17.4 Å². The summed E-state index contributed by atoms with van der Waals surface area (Å²) in [6, 6.07) is 3.58. The number of methoxy groups -OCH3 is 1. The molecule has 5 atom stereocenters. The molecule has 246 valence electrons. The van der Waals surface area contributed by atoms with E-state index in [1.165, 1.54) is 4.90 Å². The first-order valence-corrected chi connectivity index (χ1v) is 17.0. The third-order valence-electron chi connectivity index (χ3n) is 8.84. The maximum atomic E-state index is 14.0. The third kappa shape index (κ3) is 7.58. The van der Waals surface area contributed by atoms with Crippen molar-refractivity contribution < 1.29 is 38.4 Å². The Hall–Kier alpha value is -3.28. The number of rotatable bonds is 6. The Labute approximate surface area is 272 Å². The Morgan fingerprint density at radius 1 is 1.18 bits per heavy atom. The number of hydrogen-bond donors (Lipinski definition) is 2. The van der Waals surface area contributed by atoms with E-state index in [0.717, 1.165) is 54.8 Å². The molecule has 12 heteroatoms. The molecule has 2 aliphatic heterocycles. The summed E-state index contributed by atoms with van der Waals surface area (Å²) >= 11 is 3.49. The number of carboxylic acid groups (broad SMARTS) is 1. The number of carbonyl (C=O) groups excluding carboxylic acids is 2. The number of aromatic nitrogens is 1. The number of pyridine rings is 1. The molecule has 3 aliphatic rings. The molecule has 1 saturated heterocycles. The van der Waals surface area contributed by atoms with E-state index < -0.39 is 41.6 Å². The molecule has 1 saturated carbocycles. The van der Waals surface area contributed by atoms with Crippen LogP contribution in [-0.4, -0.2) is 82.8 Å². The van der Waals surface area contributed by atoms with Gasteiger partial charge in [0.2, 0.25) is 11.8 Å². The minimum atomic E-state index is -1.14. The summed E-state index contributed by atoms with van der Waals surface area (Å²) in [6.45, 7) is 6.00. The van der Waals surface area contributed by atoms with E-state index in [1.807, 2.05) is 39.0 Å². The highest BCUT2D eigenvalue weighted by atomic mass is 79.9. The van der Waals surface area contributed by atoms with E-state index in [9.17, 15) is 19.5 Å². The van der Waals surface area contributed by atoms with E-state index >= 15 is 0 Å². The second kappa shape index (κ2) is 14.0. The average molecular weight is 691 g/mol. The highest BCUT2D eigenvalue weighted by molar-refractivity contribution is 9.09. The minimum absolute atomic E-state index is 0.0225. The number of alkyl halides is 1. The highest BCUT2D eigenvalue weighted by Crippen LogP contribution is 2.42. The first-order valence-electron chi connectivity index (χ1n) is 15.9. The van der Waals surface area contributed by atoms with Crippen LogP contribution in [0.2, 0.25) is 0 Å². The van der Waals surface area contributed by atoms with Crippen molar-refractivity contribution in [1.82, 2.24) is 15.2 Å². The summed E-state index contributed by atoms with van der Waals surface area (Å²) in [7, 11) is 1.59. The fourth-order valence-electron chi connectivity index (χ4n) is 6.30. The molecule has 3 heterocycles. The Balaban J connectivity index is 1.55. The minimum Gasteiger partial charge on any atom is -0.494 e. The molecule has 0 spiro atoms. The number of ether oxygens (including phenoxy) is 4. The van der Waals surface area contributed by atoms with E-state index in [1.54, 1.807) is 7.11 Å². The van der Waals surface area contributed by atoms with Crippen molar-refractivity contribution in [3.63, 3.8) is 0 Å². The van der Waals surface area contributed by atoms with Crippen LogP contribution in [-0.2, 0) is 20.7 Å². The Morgan fingerprint density at radius 2 is 1.98 bits per heavy atom. The summed E-state index contributed by atoms with van der Waals surface area (Å²) in [5.41, 5.74) is 0.716. The lowest BCUT2D eigenvalue weighted by atomic mass is 9.85. The smallest absolute Gasteiger partial charge is 0.408 e. The predicted octanol–water partition coefficient (Wildman–Crippen LogP) is 5.49. The Kier molecular flexibility index (Phi) is 10.3. The van der Waals surface area contributed by atoms with Crippen LogP contribution >= 0.6 is 15.9 Å². The number of halogens is 1. The van der Waals surface area contributed by atoms with Crippen molar-refractivity contribution in [2.24, 2.45) is 11.3 Å². The largest absolute Gasteiger partial charge is 0.494 e. The molecule has 5 rings (SSSR count).